The van der Waals surface area contributed by atoms with Crippen LogP contribution in [0.4, 0.5) is 0 Å². The molecule has 0 saturated heterocycles. The number of carboxylic acid groups (broad SMARTS) is 1. The molecule has 0 radical (unpaired) electrons. The van der Waals surface area contributed by atoms with Crippen LogP contribution in [-0.4, -0.2) is 35.8 Å². The van der Waals surface area contributed by atoms with Gasteiger partial charge in [0.15, 0.2) is 0 Å². The van der Waals surface area contributed by atoms with Crippen molar-refractivity contribution in [2.24, 2.45) is 0 Å². The molecule has 0 aliphatic rings. The quantitative estimate of drug-likeness (QED) is 0.907. The summed E-state index contributed by atoms with van der Waals surface area (Å²) in [5.74, 6) is -1.09. The van der Waals surface area contributed by atoms with Crippen molar-refractivity contribution in [1.82, 2.24) is 9.29 Å². The fourth-order valence-corrected chi connectivity index (χ4v) is 3.81. The monoisotopic (exact) mass is 326 g/mol. The minimum Gasteiger partial charge on any atom is -0.478 e. The summed E-state index contributed by atoms with van der Waals surface area (Å²) in [6.07, 6.45) is 1.65. The van der Waals surface area contributed by atoms with Crippen LogP contribution in [0.1, 0.15) is 20.2 Å². The Morgan fingerprint density at radius 1 is 1.33 bits per heavy atom. The van der Waals surface area contributed by atoms with Crippen molar-refractivity contribution in [3.63, 3.8) is 0 Å². The smallest absolute Gasteiger partial charge is 0.335 e. The summed E-state index contributed by atoms with van der Waals surface area (Å²) < 4.78 is 26.0. The number of carboxylic acids is 1. The largest absolute Gasteiger partial charge is 0.478 e. The molecule has 0 atom stereocenters. The summed E-state index contributed by atoms with van der Waals surface area (Å²) in [5.41, 5.74) is 0.0506. The van der Waals surface area contributed by atoms with E-state index in [0.29, 0.717) is 0 Å². The third-order valence-electron chi connectivity index (χ3n) is 2.86. The minimum atomic E-state index is -3.65. The Morgan fingerprint density at radius 3 is 2.43 bits per heavy atom. The van der Waals surface area contributed by atoms with Crippen LogP contribution in [-0.2, 0) is 16.6 Å². The van der Waals surface area contributed by atoms with Crippen LogP contribution in [0.5, 0.6) is 0 Å². The van der Waals surface area contributed by atoms with Gasteiger partial charge in [-0.25, -0.2) is 18.2 Å². The molecule has 0 aliphatic carbocycles. The van der Waals surface area contributed by atoms with Gasteiger partial charge in [0.25, 0.3) is 0 Å². The topological polar surface area (TPSA) is 87.6 Å². The molecule has 21 heavy (non-hydrogen) atoms. The number of benzene rings is 1. The maximum absolute atomic E-state index is 12.4. The van der Waals surface area contributed by atoms with Crippen molar-refractivity contribution in [1.29, 1.82) is 0 Å². The second-order valence-corrected chi connectivity index (χ2v) is 7.80. The molecule has 1 heterocycles. The summed E-state index contributed by atoms with van der Waals surface area (Å²) in [4.78, 5) is 15.8. The van der Waals surface area contributed by atoms with Crippen molar-refractivity contribution in [2.45, 2.75) is 18.4 Å². The van der Waals surface area contributed by atoms with E-state index < -0.39 is 16.0 Å². The number of carbonyl (C=O) groups is 1. The Morgan fingerprint density at radius 2 is 1.95 bits per heavy atom. The Bertz CT molecular complexity index is 751. The highest BCUT2D eigenvalue weighted by Crippen LogP contribution is 2.20. The van der Waals surface area contributed by atoms with Gasteiger partial charge in [-0.2, -0.15) is 4.31 Å². The van der Waals surface area contributed by atoms with E-state index in [0.717, 1.165) is 9.88 Å². The molecule has 0 saturated carbocycles. The Balaban J connectivity index is 2.22. The molecular weight excluding hydrogens is 312 g/mol. The Kier molecular flexibility index (Phi) is 4.40. The van der Waals surface area contributed by atoms with Gasteiger partial charge in [0, 0.05) is 24.7 Å². The van der Waals surface area contributed by atoms with Gasteiger partial charge in [-0.3, -0.25) is 0 Å². The lowest BCUT2D eigenvalue weighted by Crippen LogP contribution is -2.26. The molecule has 0 bridgehead atoms. The molecule has 0 spiro atoms. The van der Waals surface area contributed by atoms with Crippen LogP contribution in [0.2, 0.25) is 0 Å². The van der Waals surface area contributed by atoms with Crippen LogP contribution in [0, 0.1) is 6.92 Å². The molecule has 112 valence electrons. The molecule has 0 aliphatic heterocycles. The van der Waals surface area contributed by atoms with E-state index in [4.69, 9.17) is 5.11 Å². The van der Waals surface area contributed by atoms with Gasteiger partial charge in [0.1, 0.15) is 0 Å². The van der Waals surface area contributed by atoms with Gasteiger partial charge >= 0.3 is 5.97 Å². The number of nitrogens with zero attached hydrogens (tertiary/aromatic N) is 2. The zero-order valence-corrected chi connectivity index (χ0v) is 13.1. The predicted octanol–water partition coefficient (Wildman–Crippen LogP) is 1.97. The van der Waals surface area contributed by atoms with E-state index >= 15 is 0 Å². The lowest BCUT2D eigenvalue weighted by atomic mass is 10.2. The summed E-state index contributed by atoms with van der Waals surface area (Å²) in [5, 5.41) is 9.70. The third-order valence-corrected chi connectivity index (χ3v) is 5.57. The molecule has 1 N–H and O–H groups in total. The van der Waals surface area contributed by atoms with Crippen molar-refractivity contribution >= 4 is 27.3 Å². The van der Waals surface area contributed by atoms with Crippen LogP contribution < -0.4 is 0 Å². The number of aromatic nitrogens is 1. The number of hydrogen-bond acceptors (Lipinski definition) is 5. The van der Waals surface area contributed by atoms with E-state index in [1.807, 2.05) is 6.92 Å². The first-order valence-electron chi connectivity index (χ1n) is 6.01. The highest BCUT2D eigenvalue weighted by atomic mass is 32.2. The number of rotatable bonds is 5. The first-order chi connectivity index (χ1) is 9.80. The average molecular weight is 326 g/mol. The molecule has 0 unspecified atom stereocenters. The number of hydrogen-bond donors (Lipinski definition) is 1. The summed E-state index contributed by atoms with van der Waals surface area (Å²) in [6.45, 7) is 2.09. The normalized spacial score (nSPS) is 11.8. The highest BCUT2D eigenvalue weighted by Gasteiger charge is 2.21. The molecule has 2 rings (SSSR count). The van der Waals surface area contributed by atoms with Crippen molar-refractivity contribution < 1.29 is 18.3 Å². The van der Waals surface area contributed by atoms with Crippen molar-refractivity contribution in [2.75, 3.05) is 7.05 Å². The molecular formula is C13H14N2O4S2. The Labute approximate surface area is 126 Å². The zero-order chi connectivity index (χ0) is 15.6. The zero-order valence-electron chi connectivity index (χ0n) is 11.5. The fraction of sp³-hybridized carbons (Fsp3) is 0.231. The SMILES string of the molecule is Cc1ncc(CN(C)S(=O)(=O)c2ccc(C(=O)O)cc2)s1. The molecule has 1 aromatic carbocycles. The van der Waals surface area contributed by atoms with E-state index in [-0.39, 0.29) is 17.0 Å². The first kappa shape index (κ1) is 15.6. The maximum atomic E-state index is 12.4. The summed E-state index contributed by atoms with van der Waals surface area (Å²) in [6, 6.07) is 5.15. The van der Waals surface area contributed by atoms with Gasteiger partial charge in [0.2, 0.25) is 10.0 Å². The lowest BCUT2D eigenvalue weighted by Gasteiger charge is -2.16. The first-order valence-corrected chi connectivity index (χ1v) is 8.27. The molecule has 1 aromatic heterocycles. The summed E-state index contributed by atoms with van der Waals surface area (Å²) >= 11 is 1.44. The molecule has 0 amide bonds. The lowest BCUT2D eigenvalue weighted by molar-refractivity contribution is 0.0696. The standard InChI is InChI=1S/C13H14N2O4S2/c1-9-14-7-11(20-9)8-15(2)21(18,19)12-5-3-10(4-6-12)13(16)17/h3-7H,8H2,1-2H3,(H,16,17). The van der Waals surface area contributed by atoms with Gasteiger partial charge in [0.05, 0.1) is 15.5 Å². The second-order valence-electron chi connectivity index (χ2n) is 4.44. The third kappa shape index (κ3) is 3.46. The number of thiazole rings is 1. The van der Waals surface area contributed by atoms with E-state index in [9.17, 15) is 13.2 Å². The minimum absolute atomic E-state index is 0.0506. The average Bonchev–Trinajstić information content (AvgIpc) is 2.84. The predicted molar refractivity (Wildman–Crippen MR) is 78.9 cm³/mol. The fourth-order valence-electron chi connectivity index (χ4n) is 1.73. The molecule has 0 fully saturated rings. The van der Waals surface area contributed by atoms with Crippen LogP contribution >= 0.6 is 11.3 Å². The maximum Gasteiger partial charge on any atom is 0.335 e. The van der Waals surface area contributed by atoms with Crippen molar-refractivity contribution in [3.8, 4) is 0 Å². The molecule has 2 aromatic rings. The van der Waals surface area contributed by atoms with Crippen LogP contribution in [0.3, 0.4) is 0 Å². The van der Waals surface area contributed by atoms with Crippen molar-refractivity contribution in [3.05, 3.63) is 45.9 Å². The van der Waals surface area contributed by atoms with Crippen LogP contribution in [0.15, 0.2) is 35.4 Å². The summed E-state index contributed by atoms with van der Waals surface area (Å²) in [7, 11) is -2.17. The van der Waals surface area contributed by atoms with Gasteiger partial charge in [-0.05, 0) is 31.2 Å². The van der Waals surface area contributed by atoms with Gasteiger partial charge in [-0.15, -0.1) is 11.3 Å². The van der Waals surface area contributed by atoms with E-state index in [1.54, 1.807) is 6.20 Å². The highest BCUT2D eigenvalue weighted by molar-refractivity contribution is 7.89. The van der Waals surface area contributed by atoms with E-state index in [2.05, 4.69) is 4.98 Å². The number of aromatic carboxylic acids is 1. The number of sulfonamides is 1. The van der Waals surface area contributed by atoms with Crippen LogP contribution in [0.25, 0.3) is 0 Å². The van der Waals surface area contributed by atoms with Gasteiger partial charge in [-0.1, -0.05) is 0 Å². The molecule has 6 nitrogen and oxygen atoms in total. The van der Waals surface area contributed by atoms with Gasteiger partial charge < -0.3 is 5.11 Å². The number of aryl methyl sites for hydroxylation is 1. The second kappa shape index (κ2) is 5.92. The Hall–Kier alpha value is -1.77. The molecule has 8 heteroatoms. The van der Waals surface area contributed by atoms with E-state index in [1.165, 1.54) is 47.0 Å².